The zero-order valence-corrected chi connectivity index (χ0v) is 16.5. The number of esters is 1. The summed E-state index contributed by atoms with van der Waals surface area (Å²) in [5.74, 6) is 0.557. The summed E-state index contributed by atoms with van der Waals surface area (Å²) in [5.41, 5.74) is -1.01. The van der Waals surface area contributed by atoms with E-state index in [4.69, 9.17) is 18.9 Å². The second kappa shape index (κ2) is 8.40. The predicted molar refractivity (Wildman–Crippen MR) is 102 cm³/mol. The van der Waals surface area contributed by atoms with Crippen LogP contribution < -0.4 is 9.47 Å². The highest BCUT2D eigenvalue weighted by atomic mass is 16.6. The Morgan fingerprint density at radius 2 is 1.62 bits per heavy atom. The molecule has 0 saturated carbocycles. The average Bonchev–Trinajstić information content (AvgIpc) is 3.00. The summed E-state index contributed by atoms with van der Waals surface area (Å²) < 4.78 is 20.8. The molecule has 2 aromatic rings. The minimum Gasteiger partial charge on any atom is -0.497 e. The van der Waals surface area contributed by atoms with E-state index in [1.54, 1.807) is 62.6 Å². The molecule has 1 saturated heterocycles. The molecule has 1 N–H and O–H groups in total. The summed E-state index contributed by atoms with van der Waals surface area (Å²) in [4.78, 5) is 25.7. The van der Waals surface area contributed by atoms with Gasteiger partial charge in [-0.05, 0) is 36.8 Å². The number of hydrogen-bond acceptors (Lipinski definition) is 7. The zero-order valence-electron chi connectivity index (χ0n) is 16.5. The van der Waals surface area contributed by atoms with Crippen LogP contribution >= 0.6 is 0 Å². The highest BCUT2D eigenvalue weighted by molar-refractivity contribution is 5.80. The van der Waals surface area contributed by atoms with Gasteiger partial charge in [0.05, 0.1) is 20.8 Å². The molecule has 1 aliphatic rings. The summed E-state index contributed by atoms with van der Waals surface area (Å²) >= 11 is 0. The van der Waals surface area contributed by atoms with Crippen molar-refractivity contribution in [2.75, 3.05) is 27.4 Å². The van der Waals surface area contributed by atoms with Crippen LogP contribution in [0.1, 0.15) is 24.2 Å². The van der Waals surface area contributed by atoms with Gasteiger partial charge in [0.2, 0.25) is 5.72 Å². The van der Waals surface area contributed by atoms with Crippen LogP contribution in [0.15, 0.2) is 48.5 Å². The molecule has 3 rings (SSSR count). The average molecular weight is 401 g/mol. The van der Waals surface area contributed by atoms with Crippen LogP contribution in [0.2, 0.25) is 0 Å². The molecule has 8 nitrogen and oxygen atoms in total. The third-order valence-electron chi connectivity index (χ3n) is 4.74. The fraction of sp³-hybridized carbons (Fsp3) is 0.333. The van der Waals surface area contributed by atoms with Gasteiger partial charge in [-0.2, -0.15) is 0 Å². The number of methoxy groups -OCH3 is 2. The fourth-order valence-electron chi connectivity index (χ4n) is 3.27. The van der Waals surface area contributed by atoms with Gasteiger partial charge in [0.25, 0.3) is 0 Å². The molecule has 1 amide bonds. The summed E-state index contributed by atoms with van der Waals surface area (Å²) in [6.45, 7) is 1.36. The first-order chi connectivity index (χ1) is 13.9. The molecule has 0 bridgehead atoms. The van der Waals surface area contributed by atoms with E-state index in [1.807, 2.05) is 0 Å². The number of amides is 1. The Balaban J connectivity index is 2.05. The lowest BCUT2D eigenvalue weighted by Crippen LogP contribution is -2.48. The SMILES string of the molecule is CCOC(=O)CN1C(=O)O[C@@H](c2ccc(OC)cc2)[C@@]1(O)c1ccc(OC)cc1. The van der Waals surface area contributed by atoms with Crippen molar-refractivity contribution >= 4 is 12.1 Å². The molecule has 8 heteroatoms. The van der Waals surface area contributed by atoms with Crippen molar-refractivity contribution < 1.29 is 33.6 Å². The molecule has 0 unspecified atom stereocenters. The third-order valence-corrected chi connectivity index (χ3v) is 4.74. The Hall–Kier alpha value is -3.26. The topological polar surface area (TPSA) is 94.5 Å². The van der Waals surface area contributed by atoms with Gasteiger partial charge in [0.1, 0.15) is 18.0 Å². The number of rotatable bonds is 7. The third kappa shape index (κ3) is 3.84. The molecule has 0 radical (unpaired) electrons. The van der Waals surface area contributed by atoms with Crippen LogP contribution in [-0.4, -0.2) is 49.4 Å². The smallest absolute Gasteiger partial charge is 0.413 e. The van der Waals surface area contributed by atoms with Crippen LogP contribution in [0, 0.1) is 0 Å². The first-order valence-electron chi connectivity index (χ1n) is 9.08. The van der Waals surface area contributed by atoms with E-state index < -0.39 is 30.4 Å². The maximum absolute atomic E-state index is 12.6. The second-order valence-electron chi connectivity index (χ2n) is 6.38. The van der Waals surface area contributed by atoms with Crippen molar-refractivity contribution in [1.29, 1.82) is 0 Å². The zero-order chi connectivity index (χ0) is 21.0. The van der Waals surface area contributed by atoms with Crippen LogP contribution in [0.5, 0.6) is 11.5 Å². The number of benzene rings is 2. The number of ether oxygens (including phenoxy) is 4. The monoisotopic (exact) mass is 401 g/mol. The number of carbonyl (C=O) groups excluding carboxylic acids is 2. The van der Waals surface area contributed by atoms with Crippen LogP contribution in [0.3, 0.4) is 0 Å². The van der Waals surface area contributed by atoms with Gasteiger partial charge < -0.3 is 24.1 Å². The number of nitrogens with zero attached hydrogens (tertiary/aromatic N) is 1. The largest absolute Gasteiger partial charge is 0.497 e. The van der Waals surface area contributed by atoms with Crippen LogP contribution in [0.4, 0.5) is 4.79 Å². The summed E-state index contributed by atoms with van der Waals surface area (Å²) in [7, 11) is 3.07. The van der Waals surface area contributed by atoms with Crippen molar-refractivity contribution in [3.05, 3.63) is 59.7 Å². The molecule has 1 aliphatic heterocycles. The Morgan fingerprint density at radius 3 is 2.14 bits per heavy atom. The molecular formula is C21H23NO7. The van der Waals surface area contributed by atoms with Gasteiger partial charge in [0, 0.05) is 5.56 Å². The second-order valence-corrected chi connectivity index (χ2v) is 6.38. The summed E-state index contributed by atoms with van der Waals surface area (Å²) in [6, 6.07) is 13.3. The first kappa shape index (κ1) is 20.5. The lowest BCUT2D eigenvalue weighted by molar-refractivity contribution is -0.153. The molecule has 1 heterocycles. The van der Waals surface area contributed by atoms with Crippen molar-refractivity contribution in [2.45, 2.75) is 18.8 Å². The van der Waals surface area contributed by atoms with Gasteiger partial charge in [-0.15, -0.1) is 0 Å². The van der Waals surface area contributed by atoms with Gasteiger partial charge in [-0.1, -0.05) is 24.3 Å². The lowest BCUT2D eigenvalue weighted by atomic mass is 9.91. The Kier molecular flexibility index (Phi) is 5.93. The number of hydrogen-bond donors (Lipinski definition) is 1. The van der Waals surface area contributed by atoms with Gasteiger partial charge in [-0.3, -0.25) is 9.69 Å². The van der Waals surface area contributed by atoms with Gasteiger partial charge in [0.15, 0.2) is 6.10 Å². The predicted octanol–water partition coefficient (Wildman–Crippen LogP) is 2.61. The van der Waals surface area contributed by atoms with Crippen molar-refractivity contribution in [1.82, 2.24) is 4.90 Å². The first-order valence-corrected chi connectivity index (χ1v) is 9.08. The number of carbonyl (C=O) groups is 2. The van der Waals surface area contributed by atoms with Gasteiger partial charge in [-0.25, -0.2) is 4.79 Å². The lowest BCUT2D eigenvalue weighted by Gasteiger charge is -2.34. The van der Waals surface area contributed by atoms with E-state index >= 15 is 0 Å². The quantitative estimate of drug-likeness (QED) is 0.713. The minimum atomic E-state index is -1.93. The van der Waals surface area contributed by atoms with Crippen LogP contribution in [0.25, 0.3) is 0 Å². The molecule has 154 valence electrons. The Bertz CT molecular complexity index is 866. The van der Waals surface area contributed by atoms with E-state index in [-0.39, 0.29) is 6.61 Å². The standard InChI is InChI=1S/C21H23NO7/c1-4-28-18(23)13-22-20(24)29-19(14-5-9-16(26-2)10-6-14)21(22,25)15-7-11-17(27-3)12-8-15/h5-12,19,25H,4,13H2,1-3H3/t19-,21-/m0/s1. The highest BCUT2D eigenvalue weighted by Crippen LogP contribution is 2.47. The molecule has 0 aromatic heterocycles. The summed E-state index contributed by atoms with van der Waals surface area (Å²) in [5, 5.41) is 11.7. The Morgan fingerprint density at radius 1 is 1.07 bits per heavy atom. The number of cyclic esters (lactones) is 1. The molecule has 2 atom stereocenters. The molecule has 1 fully saturated rings. The van der Waals surface area contributed by atoms with E-state index in [2.05, 4.69) is 0 Å². The molecule has 2 aromatic carbocycles. The fourth-order valence-corrected chi connectivity index (χ4v) is 3.27. The minimum absolute atomic E-state index is 0.157. The van der Waals surface area contributed by atoms with E-state index in [0.29, 0.717) is 22.6 Å². The maximum atomic E-state index is 12.6. The van der Waals surface area contributed by atoms with E-state index in [0.717, 1.165) is 4.90 Å². The van der Waals surface area contributed by atoms with Gasteiger partial charge >= 0.3 is 12.1 Å². The molecule has 0 aliphatic carbocycles. The van der Waals surface area contributed by atoms with Crippen molar-refractivity contribution in [2.24, 2.45) is 0 Å². The normalized spacial score (nSPS) is 20.9. The Labute approximate surface area is 168 Å². The molecule has 29 heavy (non-hydrogen) atoms. The molecule has 0 spiro atoms. The van der Waals surface area contributed by atoms with E-state index in [9.17, 15) is 14.7 Å². The maximum Gasteiger partial charge on any atom is 0.413 e. The highest BCUT2D eigenvalue weighted by Gasteiger charge is 2.56. The summed E-state index contributed by atoms with van der Waals surface area (Å²) in [6.07, 6.45) is -1.89. The number of aliphatic hydroxyl groups is 1. The van der Waals surface area contributed by atoms with Crippen molar-refractivity contribution in [3.8, 4) is 11.5 Å². The van der Waals surface area contributed by atoms with Crippen LogP contribution in [-0.2, 0) is 20.0 Å². The molecular weight excluding hydrogens is 378 g/mol. The van der Waals surface area contributed by atoms with E-state index in [1.165, 1.54) is 7.11 Å². The van der Waals surface area contributed by atoms with Crippen molar-refractivity contribution in [3.63, 3.8) is 0 Å².